The van der Waals surface area contributed by atoms with Gasteiger partial charge in [-0.15, -0.1) is 0 Å². The third kappa shape index (κ3) is 6.54. The lowest BCUT2D eigenvalue weighted by molar-refractivity contribution is -0.126. The molecular formula is C9H19NO3. The number of nitrogens with one attached hydrogen (secondary N) is 1. The summed E-state index contributed by atoms with van der Waals surface area (Å²) in [5, 5.41) is 2.72. The van der Waals surface area contributed by atoms with E-state index in [9.17, 15) is 4.79 Å². The maximum absolute atomic E-state index is 11.1. The summed E-state index contributed by atoms with van der Waals surface area (Å²) >= 11 is 0. The molecule has 0 unspecified atom stereocenters. The first-order chi connectivity index (χ1) is 6.02. The number of ether oxygens (including phenoxy) is 2. The standard InChI is InChI=1S/C9H19NO3/c1-5-13-6-8(11)10-7-9(2,3)12-4/h5-7H2,1-4H3,(H,10,11). The van der Waals surface area contributed by atoms with Crippen molar-refractivity contribution in [2.45, 2.75) is 26.4 Å². The lowest BCUT2D eigenvalue weighted by Gasteiger charge is -2.22. The van der Waals surface area contributed by atoms with Crippen LogP contribution in [0.25, 0.3) is 0 Å². The zero-order valence-corrected chi connectivity index (χ0v) is 8.85. The fourth-order valence-electron chi connectivity index (χ4n) is 0.629. The Hall–Kier alpha value is -0.610. The fraction of sp³-hybridized carbons (Fsp3) is 0.889. The molecule has 0 aromatic heterocycles. The molecule has 0 aromatic carbocycles. The highest BCUT2D eigenvalue weighted by atomic mass is 16.5. The van der Waals surface area contributed by atoms with Crippen LogP contribution in [0.5, 0.6) is 0 Å². The van der Waals surface area contributed by atoms with Crippen molar-refractivity contribution in [1.29, 1.82) is 0 Å². The molecule has 0 saturated heterocycles. The van der Waals surface area contributed by atoms with Crippen molar-refractivity contribution in [2.24, 2.45) is 0 Å². The number of hydrogen-bond acceptors (Lipinski definition) is 3. The number of rotatable bonds is 6. The van der Waals surface area contributed by atoms with Crippen molar-refractivity contribution in [1.82, 2.24) is 5.32 Å². The minimum atomic E-state index is -0.318. The molecule has 0 saturated carbocycles. The summed E-state index contributed by atoms with van der Waals surface area (Å²) in [5.41, 5.74) is -0.318. The normalized spacial score (nSPS) is 11.4. The lowest BCUT2D eigenvalue weighted by Crippen LogP contribution is -2.41. The van der Waals surface area contributed by atoms with Gasteiger partial charge in [-0.05, 0) is 20.8 Å². The molecule has 0 spiro atoms. The minimum absolute atomic E-state index is 0.105. The van der Waals surface area contributed by atoms with E-state index in [0.717, 1.165) is 0 Å². The summed E-state index contributed by atoms with van der Waals surface area (Å²) < 4.78 is 10.1. The van der Waals surface area contributed by atoms with E-state index < -0.39 is 0 Å². The van der Waals surface area contributed by atoms with Crippen molar-refractivity contribution in [3.05, 3.63) is 0 Å². The van der Waals surface area contributed by atoms with Crippen LogP contribution >= 0.6 is 0 Å². The van der Waals surface area contributed by atoms with Crippen molar-refractivity contribution in [3.8, 4) is 0 Å². The molecular weight excluding hydrogens is 170 g/mol. The van der Waals surface area contributed by atoms with E-state index in [0.29, 0.717) is 13.2 Å². The molecule has 0 aromatic rings. The molecule has 0 heterocycles. The smallest absolute Gasteiger partial charge is 0.246 e. The van der Waals surface area contributed by atoms with Crippen LogP contribution in [0.3, 0.4) is 0 Å². The van der Waals surface area contributed by atoms with E-state index in [1.54, 1.807) is 7.11 Å². The molecule has 0 bridgehead atoms. The van der Waals surface area contributed by atoms with Crippen molar-refractivity contribution < 1.29 is 14.3 Å². The molecule has 13 heavy (non-hydrogen) atoms. The Morgan fingerprint density at radius 1 is 1.46 bits per heavy atom. The summed E-state index contributed by atoms with van der Waals surface area (Å²) in [4.78, 5) is 11.1. The molecule has 0 rings (SSSR count). The maximum atomic E-state index is 11.1. The Bertz CT molecular complexity index is 157. The molecule has 0 fully saturated rings. The highest BCUT2D eigenvalue weighted by Gasteiger charge is 2.16. The van der Waals surface area contributed by atoms with Crippen LogP contribution < -0.4 is 5.32 Å². The van der Waals surface area contributed by atoms with Gasteiger partial charge in [-0.25, -0.2) is 0 Å². The van der Waals surface area contributed by atoms with Gasteiger partial charge < -0.3 is 14.8 Å². The van der Waals surface area contributed by atoms with Crippen LogP contribution in [0, 0.1) is 0 Å². The second-order valence-corrected chi connectivity index (χ2v) is 3.38. The zero-order chi connectivity index (χ0) is 10.3. The molecule has 4 nitrogen and oxygen atoms in total. The largest absolute Gasteiger partial charge is 0.377 e. The maximum Gasteiger partial charge on any atom is 0.246 e. The average molecular weight is 189 g/mol. The Labute approximate surface area is 79.6 Å². The second-order valence-electron chi connectivity index (χ2n) is 3.38. The van der Waals surface area contributed by atoms with Gasteiger partial charge in [-0.1, -0.05) is 0 Å². The number of carbonyl (C=O) groups excluding carboxylic acids is 1. The highest BCUT2D eigenvalue weighted by Crippen LogP contribution is 2.04. The van der Waals surface area contributed by atoms with E-state index in [-0.39, 0.29) is 18.1 Å². The van der Waals surface area contributed by atoms with E-state index in [1.807, 2.05) is 20.8 Å². The average Bonchev–Trinajstić information content (AvgIpc) is 2.11. The van der Waals surface area contributed by atoms with Crippen LogP contribution in [-0.4, -0.2) is 38.4 Å². The molecule has 0 radical (unpaired) electrons. The van der Waals surface area contributed by atoms with Gasteiger partial charge in [0, 0.05) is 20.3 Å². The van der Waals surface area contributed by atoms with Crippen molar-refractivity contribution in [3.63, 3.8) is 0 Å². The lowest BCUT2D eigenvalue weighted by atomic mass is 10.1. The Morgan fingerprint density at radius 2 is 2.08 bits per heavy atom. The number of hydrogen-bond donors (Lipinski definition) is 1. The summed E-state index contributed by atoms with van der Waals surface area (Å²) in [6, 6.07) is 0. The quantitative estimate of drug-likeness (QED) is 0.664. The fourth-order valence-corrected chi connectivity index (χ4v) is 0.629. The van der Waals surface area contributed by atoms with Gasteiger partial charge in [0.25, 0.3) is 0 Å². The van der Waals surface area contributed by atoms with Gasteiger partial charge >= 0.3 is 0 Å². The summed E-state index contributed by atoms with van der Waals surface area (Å²) in [7, 11) is 1.62. The van der Waals surface area contributed by atoms with Crippen molar-refractivity contribution >= 4 is 5.91 Å². The third-order valence-corrected chi connectivity index (χ3v) is 1.70. The Kier molecular flexibility index (Phi) is 5.66. The summed E-state index contributed by atoms with van der Waals surface area (Å²) in [5.74, 6) is -0.105. The topological polar surface area (TPSA) is 47.6 Å². The highest BCUT2D eigenvalue weighted by molar-refractivity contribution is 5.77. The molecule has 0 aliphatic heterocycles. The van der Waals surface area contributed by atoms with E-state index in [2.05, 4.69) is 5.32 Å². The predicted molar refractivity (Wildman–Crippen MR) is 50.6 cm³/mol. The SMILES string of the molecule is CCOCC(=O)NCC(C)(C)OC. The van der Waals surface area contributed by atoms with E-state index in [1.165, 1.54) is 0 Å². The first-order valence-electron chi connectivity index (χ1n) is 4.41. The molecule has 0 aliphatic rings. The first-order valence-corrected chi connectivity index (χ1v) is 4.41. The monoisotopic (exact) mass is 189 g/mol. The molecule has 1 N–H and O–H groups in total. The van der Waals surface area contributed by atoms with Crippen LogP contribution in [0.4, 0.5) is 0 Å². The number of methoxy groups -OCH3 is 1. The van der Waals surface area contributed by atoms with Crippen LogP contribution in [-0.2, 0) is 14.3 Å². The van der Waals surface area contributed by atoms with Crippen molar-refractivity contribution in [2.75, 3.05) is 26.9 Å². The van der Waals surface area contributed by atoms with Crippen LogP contribution in [0.15, 0.2) is 0 Å². The number of amides is 1. The molecule has 78 valence electrons. The first kappa shape index (κ1) is 12.4. The van der Waals surface area contributed by atoms with Crippen LogP contribution in [0.1, 0.15) is 20.8 Å². The van der Waals surface area contributed by atoms with E-state index in [4.69, 9.17) is 9.47 Å². The van der Waals surface area contributed by atoms with E-state index >= 15 is 0 Å². The number of carbonyl (C=O) groups is 1. The molecule has 4 heteroatoms. The van der Waals surface area contributed by atoms with Gasteiger partial charge in [0.15, 0.2) is 0 Å². The van der Waals surface area contributed by atoms with Gasteiger partial charge in [0.2, 0.25) is 5.91 Å². The summed E-state index contributed by atoms with van der Waals surface area (Å²) in [6.45, 7) is 6.85. The molecule has 0 aliphatic carbocycles. The Morgan fingerprint density at radius 3 is 2.54 bits per heavy atom. The predicted octanol–water partition coefficient (Wildman–Crippen LogP) is 0.564. The zero-order valence-electron chi connectivity index (χ0n) is 8.85. The minimum Gasteiger partial charge on any atom is -0.377 e. The van der Waals surface area contributed by atoms with Crippen LogP contribution in [0.2, 0.25) is 0 Å². The van der Waals surface area contributed by atoms with Gasteiger partial charge in [0.1, 0.15) is 6.61 Å². The molecule has 1 amide bonds. The van der Waals surface area contributed by atoms with Gasteiger partial charge in [0.05, 0.1) is 5.60 Å². The third-order valence-electron chi connectivity index (χ3n) is 1.70. The summed E-state index contributed by atoms with van der Waals surface area (Å²) in [6.07, 6.45) is 0. The van der Waals surface area contributed by atoms with Gasteiger partial charge in [-0.3, -0.25) is 4.79 Å². The molecule has 0 atom stereocenters. The Balaban J connectivity index is 3.57. The van der Waals surface area contributed by atoms with Gasteiger partial charge in [-0.2, -0.15) is 0 Å². The second kappa shape index (κ2) is 5.94.